The third kappa shape index (κ3) is 4.21. The maximum atomic E-state index is 11.6. The monoisotopic (exact) mass is 290 g/mol. The molecule has 1 aromatic rings. The summed E-state index contributed by atoms with van der Waals surface area (Å²) >= 11 is 0. The van der Waals surface area contributed by atoms with E-state index in [0.717, 1.165) is 43.2 Å². The Morgan fingerprint density at radius 1 is 1.43 bits per heavy atom. The fourth-order valence-corrected chi connectivity index (χ4v) is 2.42. The second-order valence-electron chi connectivity index (χ2n) is 5.21. The predicted molar refractivity (Wildman–Crippen MR) is 81.1 cm³/mol. The van der Waals surface area contributed by atoms with E-state index in [-0.39, 0.29) is 12.5 Å². The molecule has 0 aromatic heterocycles. The Morgan fingerprint density at radius 2 is 2.29 bits per heavy atom. The fraction of sp³-hybridized carbons (Fsp3) is 0.500. The van der Waals surface area contributed by atoms with Gasteiger partial charge in [-0.05, 0) is 43.4 Å². The van der Waals surface area contributed by atoms with Gasteiger partial charge in [-0.2, -0.15) is 0 Å². The van der Waals surface area contributed by atoms with E-state index < -0.39 is 0 Å². The van der Waals surface area contributed by atoms with E-state index in [4.69, 9.17) is 9.94 Å². The molecule has 0 spiro atoms. The summed E-state index contributed by atoms with van der Waals surface area (Å²) in [5.74, 6) is 0.514. The lowest BCUT2D eigenvalue weighted by molar-refractivity contribution is -0.123. The van der Waals surface area contributed by atoms with Crippen LogP contribution in [-0.4, -0.2) is 30.0 Å². The second-order valence-corrected chi connectivity index (χ2v) is 5.21. The molecule has 0 saturated heterocycles. The van der Waals surface area contributed by atoms with Crippen molar-refractivity contribution in [3.63, 3.8) is 0 Å². The molecule has 2 rings (SSSR count). The van der Waals surface area contributed by atoms with Crippen LogP contribution < -0.4 is 10.1 Å². The summed E-state index contributed by atoms with van der Waals surface area (Å²) in [6.45, 7) is 2.77. The zero-order valence-corrected chi connectivity index (χ0v) is 12.4. The maximum absolute atomic E-state index is 11.6. The van der Waals surface area contributed by atoms with Gasteiger partial charge in [-0.25, -0.2) is 0 Å². The van der Waals surface area contributed by atoms with Crippen molar-refractivity contribution in [2.24, 2.45) is 5.16 Å². The molecule has 1 aliphatic carbocycles. The molecule has 1 aliphatic rings. The van der Waals surface area contributed by atoms with Gasteiger partial charge in [-0.15, -0.1) is 0 Å². The number of ether oxygens (including phenoxy) is 1. The lowest BCUT2D eigenvalue weighted by Crippen LogP contribution is -2.29. The number of benzene rings is 1. The number of hydrogen-bond donors (Lipinski definition) is 2. The van der Waals surface area contributed by atoms with Crippen molar-refractivity contribution < 1.29 is 14.7 Å². The van der Waals surface area contributed by atoms with Crippen LogP contribution in [0.5, 0.6) is 5.75 Å². The number of nitrogens with zero attached hydrogens (tertiary/aromatic N) is 1. The second kappa shape index (κ2) is 7.67. The Morgan fingerprint density at radius 3 is 3.05 bits per heavy atom. The van der Waals surface area contributed by atoms with E-state index in [1.165, 1.54) is 0 Å². The number of carbonyl (C=O) groups excluding carboxylic acids is 1. The molecule has 114 valence electrons. The smallest absolute Gasteiger partial charge is 0.257 e. The number of fused-ring (bicyclic) bond motifs is 1. The maximum Gasteiger partial charge on any atom is 0.257 e. The zero-order chi connectivity index (χ0) is 15.1. The summed E-state index contributed by atoms with van der Waals surface area (Å²) in [5.41, 5.74) is 2.77. The van der Waals surface area contributed by atoms with Gasteiger partial charge in [-0.3, -0.25) is 4.79 Å². The highest BCUT2D eigenvalue weighted by molar-refractivity contribution is 6.02. The molecule has 0 unspecified atom stereocenters. The molecule has 0 fully saturated rings. The largest absolute Gasteiger partial charge is 0.484 e. The molecule has 1 amide bonds. The van der Waals surface area contributed by atoms with Crippen LogP contribution in [0, 0.1) is 0 Å². The lowest BCUT2D eigenvalue weighted by atomic mass is 9.90. The highest BCUT2D eigenvalue weighted by Crippen LogP contribution is 2.25. The van der Waals surface area contributed by atoms with Gasteiger partial charge < -0.3 is 15.3 Å². The molecule has 0 bridgehead atoms. The predicted octanol–water partition coefficient (Wildman–Crippen LogP) is 2.50. The fourth-order valence-electron chi connectivity index (χ4n) is 2.42. The first kappa shape index (κ1) is 15.4. The van der Waals surface area contributed by atoms with E-state index in [2.05, 4.69) is 17.4 Å². The van der Waals surface area contributed by atoms with Crippen molar-refractivity contribution in [2.45, 2.75) is 39.0 Å². The van der Waals surface area contributed by atoms with Crippen LogP contribution in [0.25, 0.3) is 0 Å². The SMILES string of the molecule is CCCCNC(=O)COc1ccc2c(c1)/C(=N\O)CCC2. The zero-order valence-electron chi connectivity index (χ0n) is 12.4. The van der Waals surface area contributed by atoms with Gasteiger partial charge in [0.25, 0.3) is 5.91 Å². The van der Waals surface area contributed by atoms with Gasteiger partial charge >= 0.3 is 0 Å². The van der Waals surface area contributed by atoms with Gasteiger partial charge in [0.1, 0.15) is 5.75 Å². The number of nitrogens with one attached hydrogen (secondary N) is 1. The van der Waals surface area contributed by atoms with Crippen LogP contribution in [0.1, 0.15) is 43.7 Å². The van der Waals surface area contributed by atoms with Crippen molar-refractivity contribution in [1.82, 2.24) is 5.32 Å². The van der Waals surface area contributed by atoms with Crippen LogP contribution >= 0.6 is 0 Å². The lowest BCUT2D eigenvalue weighted by Gasteiger charge is -2.17. The van der Waals surface area contributed by atoms with E-state index >= 15 is 0 Å². The topological polar surface area (TPSA) is 70.9 Å². The Labute approximate surface area is 125 Å². The number of amides is 1. The molecule has 0 aliphatic heterocycles. The summed E-state index contributed by atoms with van der Waals surface area (Å²) < 4.78 is 5.51. The average Bonchev–Trinajstić information content (AvgIpc) is 2.52. The van der Waals surface area contributed by atoms with Crippen LogP contribution in [-0.2, 0) is 11.2 Å². The molecule has 21 heavy (non-hydrogen) atoms. The van der Waals surface area contributed by atoms with Crippen molar-refractivity contribution >= 4 is 11.6 Å². The molecular weight excluding hydrogens is 268 g/mol. The first-order valence-corrected chi connectivity index (χ1v) is 7.48. The highest BCUT2D eigenvalue weighted by Gasteiger charge is 2.17. The highest BCUT2D eigenvalue weighted by atomic mass is 16.5. The summed E-state index contributed by atoms with van der Waals surface area (Å²) in [7, 11) is 0. The molecule has 0 heterocycles. The molecule has 2 N–H and O–H groups in total. The van der Waals surface area contributed by atoms with Gasteiger partial charge in [-0.1, -0.05) is 24.6 Å². The minimum Gasteiger partial charge on any atom is -0.484 e. The van der Waals surface area contributed by atoms with Crippen LogP contribution in [0.15, 0.2) is 23.4 Å². The minimum atomic E-state index is -0.114. The van der Waals surface area contributed by atoms with E-state index in [1.807, 2.05) is 18.2 Å². The van der Waals surface area contributed by atoms with Crippen molar-refractivity contribution in [3.05, 3.63) is 29.3 Å². The van der Waals surface area contributed by atoms with Crippen molar-refractivity contribution in [2.75, 3.05) is 13.2 Å². The quantitative estimate of drug-likeness (QED) is 0.480. The number of carbonyl (C=O) groups is 1. The Balaban J connectivity index is 1.94. The van der Waals surface area contributed by atoms with Gasteiger partial charge in [0.05, 0.1) is 5.71 Å². The first-order valence-electron chi connectivity index (χ1n) is 7.48. The molecule has 5 heteroatoms. The third-order valence-electron chi connectivity index (χ3n) is 3.60. The van der Waals surface area contributed by atoms with E-state index in [0.29, 0.717) is 18.0 Å². The first-order chi connectivity index (χ1) is 10.2. The number of unbranched alkanes of at least 4 members (excludes halogenated alkanes) is 1. The van der Waals surface area contributed by atoms with Gasteiger partial charge in [0.15, 0.2) is 6.61 Å². The molecule has 0 atom stereocenters. The molecule has 1 aromatic carbocycles. The standard InChI is InChI=1S/C16H22N2O3/c1-2-3-9-17-16(19)11-21-13-8-7-12-5-4-6-15(18-20)14(12)10-13/h7-8,10,20H,2-6,9,11H2,1H3,(H,17,19)/b18-15-. The van der Waals surface area contributed by atoms with Crippen molar-refractivity contribution in [3.8, 4) is 5.75 Å². The van der Waals surface area contributed by atoms with E-state index in [1.54, 1.807) is 0 Å². The molecule has 0 saturated carbocycles. The van der Waals surface area contributed by atoms with Gasteiger partial charge in [0, 0.05) is 12.1 Å². The van der Waals surface area contributed by atoms with Crippen LogP contribution in [0.3, 0.4) is 0 Å². The van der Waals surface area contributed by atoms with Crippen molar-refractivity contribution in [1.29, 1.82) is 0 Å². The number of aryl methyl sites for hydroxylation is 1. The Hall–Kier alpha value is -2.04. The van der Waals surface area contributed by atoms with Crippen LogP contribution in [0.4, 0.5) is 0 Å². The summed E-state index contributed by atoms with van der Waals surface area (Å²) in [6, 6.07) is 5.69. The Kier molecular flexibility index (Phi) is 5.60. The van der Waals surface area contributed by atoms with Gasteiger partial charge in [0.2, 0.25) is 0 Å². The summed E-state index contributed by atoms with van der Waals surface area (Å²) in [4.78, 5) is 11.6. The minimum absolute atomic E-state index is 0.00804. The molecular formula is C16H22N2O3. The molecule has 0 radical (unpaired) electrons. The number of oxime groups is 1. The van der Waals surface area contributed by atoms with Crippen LogP contribution in [0.2, 0.25) is 0 Å². The normalized spacial score (nSPS) is 15.6. The number of hydrogen-bond acceptors (Lipinski definition) is 4. The average molecular weight is 290 g/mol. The summed E-state index contributed by atoms with van der Waals surface area (Å²) in [6.07, 6.45) is 4.76. The Bertz CT molecular complexity index is 526. The molecule has 5 nitrogen and oxygen atoms in total. The van der Waals surface area contributed by atoms with E-state index in [9.17, 15) is 4.79 Å². The number of rotatable bonds is 6. The summed E-state index contributed by atoms with van der Waals surface area (Å²) in [5, 5.41) is 15.2. The third-order valence-corrected chi connectivity index (χ3v) is 3.60.